The van der Waals surface area contributed by atoms with E-state index in [4.69, 9.17) is 23.2 Å². The van der Waals surface area contributed by atoms with Crippen molar-refractivity contribution < 1.29 is 4.79 Å². The minimum absolute atomic E-state index is 0.00389. The Bertz CT molecular complexity index is 535. The molecule has 0 bridgehead atoms. The third-order valence-electron chi connectivity index (χ3n) is 4.87. The van der Waals surface area contributed by atoms with Gasteiger partial charge in [-0.15, -0.1) is 0 Å². The smallest absolute Gasteiger partial charge is 0.255 e. The lowest BCUT2D eigenvalue weighted by molar-refractivity contribution is 0.0523. The molecule has 22 heavy (non-hydrogen) atoms. The SMILES string of the molecule is O=C(c1cccc(Cl)c1Cl)N1CCN(C2CCCCC2)CC1. The van der Waals surface area contributed by atoms with E-state index in [1.807, 2.05) is 4.90 Å². The number of hydrogen-bond donors (Lipinski definition) is 0. The zero-order chi connectivity index (χ0) is 15.5. The number of hydrogen-bond acceptors (Lipinski definition) is 2. The molecule has 3 rings (SSSR count). The first-order chi connectivity index (χ1) is 10.7. The van der Waals surface area contributed by atoms with E-state index in [0.717, 1.165) is 32.2 Å². The second kappa shape index (κ2) is 7.20. The van der Waals surface area contributed by atoms with Gasteiger partial charge in [0.25, 0.3) is 5.91 Å². The first kappa shape index (κ1) is 16.1. The molecule has 0 unspecified atom stereocenters. The van der Waals surface area contributed by atoms with Gasteiger partial charge in [0.1, 0.15) is 0 Å². The van der Waals surface area contributed by atoms with E-state index in [9.17, 15) is 4.79 Å². The Balaban J connectivity index is 1.61. The molecule has 0 aromatic heterocycles. The molecule has 1 saturated heterocycles. The van der Waals surface area contributed by atoms with E-state index < -0.39 is 0 Å². The van der Waals surface area contributed by atoms with Crippen LogP contribution >= 0.6 is 23.2 Å². The van der Waals surface area contributed by atoms with Crippen LogP contribution in [0.15, 0.2) is 18.2 Å². The Labute approximate surface area is 142 Å². The zero-order valence-corrected chi connectivity index (χ0v) is 14.2. The van der Waals surface area contributed by atoms with Crippen molar-refractivity contribution in [2.45, 2.75) is 38.1 Å². The highest BCUT2D eigenvalue weighted by Gasteiger charge is 2.28. The zero-order valence-electron chi connectivity index (χ0n) is 12.7. The van der Waals surface area contributed by atoms with Crippen LogP contribution in [0.25, 0.3) is 0 Å². The number of piperazine rings is 1. The number of halogens is 2. The average Bonchev–Trinajstić information content (AvgIpc) is 2.58. The molecular formula is C17H22Cl2N2O. The lowest BCUT2D eigenvalue weighted by Crippen LogP contribution is -2.52. The molecule has 5 heteroatoms. The molecular weight excluding hydrogens is 319 g/mol. The minimum atomic E-state index is -0.00389. The molecule has 0 spiro atoms. The molecule has 3 nitrogen and oxygen atoms in total. The van der Waals surface area contributed by atoms with E-state index >= 15 is 0 Å². The largest absolute Gasteiger partial charge is 0.336 e. The molecule has 1 amide bonds. The van der Waals surface area contributed by atoms with Gasteiger partial charge in [-0.25, -0.2) is 0 Å². The van der Waals surface area contributed by atoms with Crippen molar-refractivity contribution in [2.24, 2.45) is 0 Å². The van der Waals surface area contributed by atoms with E-state index in [2.05, 4.69) is 4.90 Å². The molecule has 1 heterocycles. The maximum absolute atomic E-state index is 12.6. The first-order valence-electron chi connectivity index (χ1n) is 8.14. The van der Waals surface area contributed by atoms with Crippen molar-refractivity contribution in [2.75, 3.05) is 26.2 Å². The molecule has 0 radical (unpaired) electrons. The first-order valence-corrected chi connectivity index (χ1v) is 8.90. The fourth-order valence-corrected chi connectivity index (χ4v) is 3.96. The van der Waals surface area contributed by atoms with Gasteiger partial charge in [0.05, 0.1) is 15.6 Å². The maximum Gasteiger partial charge on any atom is 0.255 e. The van der Waals surface area contributed by atoms with E-state index in [0.29, 0.717) is 15.6 Å². The summed E-state index contributed by atoms with van der Waals surface area (Å²) in [4.78, 5) is 17.1. The van der Waals surface area contributed by atoms with Gasteiger partial charge in [-0.1, -0.05) is 48.5 Å². The van der Waals surface area contributed by atoms with Crippen LogP contribution in [0, 0.1) is 0 Å². The molecule has 1 aliphatic heterocycles. The Morgan fingerprint density at radius 3 is 2.36 bits per heavy atom. The third kappa shape index (κ3) is 3.42. The number of benzene rings is 1. The van der Waals surface area contributed by atoms with E-state index in [-0.39, 0.29) is 5.91 Å². The molecule has 1 aromatic rings. The fourth-order valence-electron chi connectivity index (χ4n) is 3.58. The van der Waals surface area contributed by atoms with Crippen LogP contribution in [0.1, 0.15) is 42.5 Å². The lowest BCUT2D eigenvalue weighted by Gasteiger charge is -2.40. The van der Waals surface area contributed by atoms with Crippen molar-refractivity contribution in [3.8, 4) is 0 Å². The van der Waals surface area contributed by atoms with Crippen LogP contribution in [0.2, 0.25) is 10.0 Å². The summed E-state index contributed by atoms with van der Waals surface area (Å²) in [5.74, 6) is -0.00389. The van der Waals surface area contributed by atoms with Gasteiger partial charge in [-0.2, -0.15) is 0 Å². The summed E-state index contributed by atoms with van der Waals surface area (Å²) in [5, 5.41) is 0.803. The molecule has 2 fully saturated rings. The predicted octanol–water partition coefficient (Wildman–Crippen LogP) is 4.08. The molecule has 0 N–H and O–H groups in total. The van der Waals surface area contributed by atoms with Crippen LogP contribution in [0.5, 0.6) is 0 Å². The third-order valence-corrected chi connectivity index (χ3v) is 5.69. The van der Waals surface area contributed by atoms with Crippen LogP contribution in [-0.4, -0.2) is 47.9 Å². The number of amides is 1. The van der Waals surface area contributed by atoms with Gasteiger partial charge in [0.15, 0.2) is 0 Å². The van der Waals surface area contributed by atoms with Crippen molar-refractivity contribution in [1.82, 2.24) is 9.80 Å². The minimum Gasteiger partial charge on any atom is -0.336 e. The summed E-state index contributed by atoms with van der Waals surface area (Å²) in [6.45, 7) is 3.49. The molecule has 1 aliphatic carbocycles. The van der Waals surface area contributed by atoms with E-state index in [1.165, 1.54) is 32.1 Å². The molecule has 120 valence electrons. The van der Waals surface area contributed by atoms with Gasteiger partial charge < -0.3 is 4.90 Å². The molecule has 1 saturated carbocycles. The summed E-state index contributed by atoms with van der Waals surface area (Å²) in [6, 6.07) is 5.96. The Morgan fingerprint density at radius 2 is 1.68 bits per heavy atom. The molecule has 2 aliphatic rings. The van der Waals surface area contributed by atoms with Gasteiger partial charge >= 0.3 is 0 Å². The van der Waals surface area contributed by atoms with Crippen molar-refractivity contribution in [3.05, 3.63) is 33.8 Å². The topological polar surface area (TPSA) is 23.6 Å². The number of carbonyl (C=O) groups excluding carboxylic acids is 1. The van der Waals surface area contributed by atoms with Crippen LogP contribution < -0.4 is 0 Å². The average molecular weight is 341 g/mol. The standard InChI is InChI=1S/C17H22Cl2N2O/c18-15-8-4-7-14(16(15)19)17(22)21-11-9-20(10-12-21)13-5-2-1-3-6-13/h4,7-8,13H,1-3,5-6,9-12H2. The van der Waals surface area contributed by atoms with E-state index in [1.54, 1.807) is 18.2 Å². The normalized spacial score (nSPS) is 21.1. The van der Waals surface area contributed by atoms with Gasteiger partial charge in [0.2, 0.25) is 0 Å². The lowest BCUT2D eigenvalue weighted by atomic mass is 9.94. The molecule has 0 atom stereocenters. The number of carbonyl (C=O) groups is 1. The highest BCUT2D eigenvalue weighted by molar-refractivity contribution is 6.43. The predicted molar refractivity (Wildman–Crippen MR) is 90.8 cm³/mol. The Morgan fingerprint density at radius 1 is 1.00 bits per heavy atom. The van der Waals surface area contributed by atoms with Crippen molar-refractivity contribution >= 4 is 29.1 Å². The Kier molecular flexibility index (Phi) is 5.27. The summed E-state index contributed by atoms with van der Waals surface area (Å²) >= 11 is 12.2. The second-order valence-corrected chi connectivity index (χ2v) is 7.01. The quantitative estimate of drug-likeness (QED) is 0.809. The number of rotatable bonds is 2. The highest BCUT2D eigenvalue weighted by Crippen LogP contribution is 2.28. The fraction of sp³-hybridized carbons (Fsp3) is 0.588. The Hall–Kier alpha value is -0.770. The number of nitrogens with zero attached hydrogens (tertiary/aromatic N) is 2. The van der Waals surface area contributed by atoms with Crippen LogP contribution in [0.3, 0.4) is 0 Å². The summed E-state index contributed by atoms with van der Waals surface area (Å²) < 4.78 is 0. The summed E-state index contributed by atoms with van der Waals surface area (Å²) in [7, 11) is 0. The monoisotopic (exact) mass is 340 g/mol. The van der Waals surface area contributed by atoms with Crippen molar-refractivity contribution in [1.29, 1.82) is 0 Å². The van der Waals surface area contributed by atoms with Gasteiger partial charge in [-0.05, 0) is 25.0 Å². The highest BCUT2D eigenvalue weighted by atomic mass is 35.5. The second-order valence-electron chi connectivity index (χ2n) is 6.22. The summed E-state index contributed by atoms with van der Waals surface area (Å²) in [5.41, 5.74) is 0.514. The van der Waals surface area contributed by atoms with Gasteiger partial charge in [-0.3, -0.25) is 9.69 Å². The van der Waals surface area contributed by atoms with Crippen LogP contribution in [0.4, 0.5) is 0 Å². The van der Waals surface area contributed by atoms with Crippen molar-refractivity contribution in [3.63, 3.8) is 0 Å². The van der Waals surface area contributed by atoms with Crippen LogP contribution in [-0.2, 0) is 0 Å². The maximum atomic E-state index is 12.6. The van der Waals surface area contributed by atoms with Gasteiger partial charge in [0, 0.05) is 32.2 Å². The summed E-state index contributed by atoms with van der Waals surface area (Å²) in [6.07, 6.45) is 6.70. The molecule has 1 aromatic carbocycles.